The fraction of sp³-hybridized carbons (Fsp3) is 0.846. The van der Waals surface area contributed by atoms with Crippen LogP contribution in [0.25, 0.3) is 0 Å². The Balaban J connectivity index is 0.00000324. The first kappa shape index (κ1) is 18.2. The molecule has 0 spiro atoms. The Labute approximate surface area is 121 Å². The van der Waals surface area contributed by atoms with Crippen LogP contribution in [0, 0.1) is 5.92 Å². The normalized spacial score (nSPS) is 22.6. The molecule has 0 aromatic carbocycles. The van der Waals surface area contributed by atoms with Crippen LogP contribution < -0.4 is 11.1 Å². The number of hydrogen-bond acceptors (Lipinski definition) is 3. The van der Waals surface area contributed by atoms with Crippen LogP contribution in [0.2, 0.25) is 0 Å². The summed E-state index contributed by atoms with van der Waals surface area (Å²) in [5, 5.41) is 2.85. The van der Waals surface area contributed by atoms with Crippen LogP contribution >= 0.6 is 12.4 Å². The third kappa shape index (κ3) is 6.25. The van der Waals surface area contributed by atoms with Gasteiger partial charge in [0.05, 0.1) is 6.54 Å². The minimum atomic E-state index is -0.267. The Kier molecular flexibility index (Phi) is 6.80. The van der Waals surface area contributed by atoms with Crippen molar-refractivity contribution in [3.05, 3.63) is 0 Å². The highest BCUT2D eigenvalue weighted by molar-refractivity contribution is 5.86. The monoisotopic (exact) mass is 291 g/mol. The lowest BCUT2D eigenvalue weighted by Gasteiger charge is -2.24. The van der Waals surface area contributed by atoms with Gasteiger partial charge in [-0.15, -0.1) is 12.4 Å². The lowest BCUT2D eigenvalue weighted by atomic mass is 10.1. The van der Waals surface area contributed by atoms with Crippen molar-refractivity contribution in [1.82, 2.24) is 10.2 Å². The summed E-state index contributed by atoms with van der Waals surface area (Å²) in [5.74, 6) is -0.0971. The zero-order valence-electron chi connectivity index (χ0n) is 12.2. The van der Waals surface area contributed by atoms with E-state index in [2.05, 4.69) is 5.32 Å². The number of nitrogens with one attached hydrogen (secondary N) is 1. The average Bonchev–Trinajstić information content (AvgIpc) is 2.60. The maximum Gasteiger partial charge on any atom is 0.240 e. The van der Waals surface area contributed by atoms with Crippen molar-refractivity contribution in [3.63, 3.8) is 0 Å². The largest absolute Gasteiger partial charge is 0.350 e. The number of halogens is 1. The lowest BCUT2D eigenvalue weighted by Crippen LogP contribution is -2.47. The number of hydrogen-bond donors (Lipinski definition) is 2. The molecule has 0 saturated heterocycles. The number of carbonyl (C=O) groups excluding carboxylic acids is 2. The van der Waals surface area contributed by atoms with Gasteiger partial charge < -0.3 is 16.0 Å². The van der Waals surface area contributed by atoms with Gasteiger partial charge in [-0.1, -0.05) is 0 Å². The van der Waals surface area contributed by atoms with Gasteiger partial charge in [0.1, 0.15) is 0 Å². The molecule has 0 aromatic heterocycles. The first-order valence-electron chi connectivity index (χ1n) is 6.50. The van der Waals surface area contributed by atoms with Crippen LogP contribution in [0.15, 0.2) is 0 Å². The van der Waals surface area contributed by atoms with Gasteiger partial charge in [-0.25, -0.2) is 0 Å². The SMILES string of the molecule is CN(CC(=O)NC(C)(C)C)C(=O)C1CCC(N)C1.Cl. The first-order valence-corrected chi connectivity index (χ1v) is 6.50. The zero-order chi connectivity index (χ0) is 13.9. The van der Waals surface area contributed by atoms with Gasteiger partial charge >= 0.3 is 0 Å². The Morgan fingerprint density at radius 2 is 1.89 bits per heavy atom. The van der Waals surface area contributed by atoms with E-state index in [1.54, 1.807) is 7.05 Å². The smallest absolute Gasteiger partial charge is 0.240 e. The van der Waals surface area contributed by atoms with Gasteiger partial charge in [-0.2, -0.15) is 0 Å². The molecular weight excluding hydrogens is 266 g/mol. The maximum atomic E-state index is 12.1. The van der Waals surface area contributed by atoms with Crippen molar-refractivity contribution in [2.24, 2.45) is 11.7 Å². The van der Waals surface area contributed by atoms with E-state index in [0.717, 1.165) is 19.3 Å². The minimum absolute atomic E-state index is 0. The third-order valence-electron chi connectivity index (χ3n) is 3.09. The summed E-state index contributed by atoms with van der Waals surface area (Å²) in [6.07, 6.45) is 2.48. The van der Waals surface area contributed by atoms with E-state index in [0.29, 0.717) is 0 Å². The molecule has 2 unspecified atom stereocenters. The standard InChI is InChI=1S/C13H25N3O2.ClH/c1-13(2,3)15-11(17)8-16(4)12(18)9-5-6-10(14)7-9;/h9-10H,5-8,14H2,1-4H3,(H,15,17);1H. The summed E-state index contributed by atoms with van der Waals surface area (Å²) in [4.78, 5) is 25.3. The number of nitrogens with zero attached hydrogens (tertiary/aromatic N) is 1. The molecule has 1 rings (SSSR count). The molecule has 6 heteroatoms. The summed E-state index contributed by atoms with van der Waals surface area (Å²) in [5.41, 5.74) is 5.53. The molecule has 5 nitrogen and oxygen atoms in total. The number of nitrogens with two attached hydrogens (primary N) is 1. The van der Waals surface area contributed by atoms with Gasteiger partial charge in [0.2, 0.25) is 11.8 Å². The molecule has 0 aliphatic heterocycles. The summed E-state index contributed by atoms with van der Waals surface area (Å²) in [7, 11) is 1.68. The second-order valence-electron chi connectivity index (χ2n) is 6.26. The Morgan fingerprint density at radius 3 is 2.32 bits per heavy atom. The Bertz CT molecular complexity index is 328. The average molecular weight is 292 g/mol. The molecule has 0 radical (unpaired) electrons. The molecule has 19 heavy (non-hydrogen) atoms. The van der Waals surface area contributed by atoms with E-state index in [4.69, 9.17) is 5.73 Å². The van der Waals surface area contributed by atoms with E-state index in [1.165, 1.54) is 4.90 Å². The van der Waals surface area contributed by atoms with Crippen molar-refractivity contribution in [2.75, 3.05) is 13.6 Å². The highest BCUT2D eigenvalue weighted by Crippen LogP contribution is 2.25. The van der Waals surface area contributed by atoms with Crippen molar-refractivity contribution in [2.45, 2.75) is 51.6 Å². The van der Waals surface area contributed by atoms with Gasteiger partial charge in [0, 0.05) is 24.5 Å². The second-order valence-corrected chi connectivity index (χ2v) is 6.26. The van der Waals surface area contributed by atoms with E-state index in [1.807, 2.05) is 20.8 Å². The predicted octanol–water partition coefficient (Wildman–Crippen LogP) is 0.909. The zero-order valence-corrected chi connectivity index (χ0v) is 13.0. The van der Waals surface area contributed by atoms with Crippen LogP contribution in [0.3, 0.4) is 0 Å². The van der Waals surface area contributed by atoms with E-state index < -0.39 is 0 Å². The fourth-order valence-corrected chi connectivity index (χ4v) is 2.30. The van der Waals surface area contributed by atoms with Crippen molar-refractivity contribution >= 4 is 24.2 Å². The van der Waals surface area contributed by atoms with Crippen LogP contribution in [0.4, 0.5) is 0 Å². The summed E-state index contributed by atoms with van der Waals surface area (Å²) >= 11 is 0. The molecule has 1 fully saturated rings. The van der Waals surface area contributed by atoms with Crippen molar-refractivity contribution in [3.8, 4) is 0 Å². The number of carbonyl (C=O) groups is 2. The van der Waals surface area contributed by atoms with E-state index >= 15 is 0 Å². The molecule has 2 atom stereocenters. The molecular formula is C13H26ClN3O2. The van der Waals surface area contributed by atoms with Crippen LogP contribution in [-0.4, -0.2) is 41.9 Å². The molecule has 2 amide bonds. The van der Waals surface area contributed by atoms with Crippen molar-refractivity contribution in [1.29, 1.82) is 0 Å². The number of likely N-dealkylation sites (N-methyl/N-ethyl adjacent to an activating group) is 1. The molecule has 1 aliphatic rings. The summed E-state index contributed by atoms with van der Waals surface area (Å²) in [6.45, 7) is 5.87. The predicted molar refractivity (Wildman–Crippen MR) is 78.1 cm³/mol. The quantitative estimate of drug-likeness (QED) is 0.811. The molecule has 0 aromatic rings. The number of amides is 2. The van der Waals surface area contributed by atoms with Crippen molar-refractivity contribution < 1.29 is 9.59 Å². The lowest BCUT2D eigenvalue weighted by molar-refractivity contribution is -0.138. The topological polar surface area (TPSA) is 75.4 Å². The summed E-state index contributed by atoms with van der Waals surface area (Å²) in [6, 6.07) is 0.135. The maximum absolute atomic E-state index is 12.1. The van der Waals surface area contributed by atoms with Gasteiger partial charge in [-0.05, 0) is 40.0 Å². The molecule has 112 valence electrons. The minimum Gasteiger partial charge on any atom is -0.350 e. The van der Waals surface area contributed by atoms with E-state index in [-0.39, 0.29) is 48.3 Å². The van der Waals surface area contributed by atoms with E-state index in [9.17, 15) is 9.59 Å². The molecule has 1 aliphatic carbocycles. The van der Waals surface area contributed by atoms with Crippen LogP contribution in [0.1, 0.15) is 40.0 Å². The third-order valence-corrected chi connectivity index (χ3v) is 3.09. The van der Waals surface area contributed by atoms with Gasteiger partial charge in [0.25, 0.3) is 0 Å². The van der Waals surface area contributed by atoms with Crippen LogP contribution in [-0.2, 0) is 9.59 Å². The Morgan fingerprint density at radius 1 is 1.32 bits per heavy atom. The highest BCUT2D eigenvalue weighted by atomic mass is 35.5. The van der Waals surface area contributed by atoms with Crippen LogP contribution in [0.5, 0.6) is 0 Å². The fourth-order valence-electron chi connectivity index (χ4n) is 2.30. The van der Waals surface area contributed by atoms with Gasteiger partial charge in [0.15, 0.2) is 0 Å². The summed E-state index contributed by atoms with van der Waals surface area (Å²) < 4.78 is 0. The first-order chi connectivity index (χ1) is 8.19. The highest BCUT2D eigenvalue weighted by Gasteiger charge is 2.30. The molecule has 3 N–H and O–H groups in total. The molecule has 0 heterocycles. The Hall–Kier alpha value is -0.810. The molecule has 1 saturated carbocycles. The van der Waals surface area contributed by atoms with Gasteiger partial charge in [-0.3, -0.25) is 9.59 Å². The second kappa shape index (κ2) is 7.10. The number of rotatable bonds is 3. The molecule has 0 bridgehead atoms.